The van der Waals surface area contributed by atoms with E-state index in [9.17, 15) is 5.11 Å². The number of aliphatic hydroxyl groups is 1. The van der Waals surface area contributed by atoms with E-state index < -0.39 is 0 Å². The summed E-state index contributed by atoms with van der Waals surface area (Å²) < 4.78 is 5.69. The van der Waals surface area contributed by atoms with Crippen molar-refractivity contribution in [3.8, 4) is 17.0 Å². The van der Waals surface area contributed by atoms with Gasteiger partial charge in [-0.15, -0.1) is 0 Å². The van der Waals surface area contributed by atoms with Crippen LogP contribution in [0.3, 0.4) is 0 Å². The Morgan fingerprint density at radius 3 is 2.83 bits per heavy atom. The zero-order chi connectivity index (χ0) is 20.8. The first kappa shape index (κ1) is 20.1. The number of nitrogens with zero attached hydrogens (tertiary/aromatic N) is 4. The molecule has 156 valence electrons. The van der Waals surface area contributed by atoms with Crippen molar-refractivity contribution in [1.29, 1.82) is 0 Å². The van der Waals surface area contributed by atoms with Gasteiger partial charge in [0.1, 0.15) is 23.7 Å². The van der Waals surface area contributed by atoms with Gasteiger partial charge in [-0.25, -0.2) is 15.0 Å². The summed E-state index contributed by atoms with van der Waals surface area (Å²) in [7, 11) is 0. The van der Waals surface area contributed by atoms with Crippen LogP contribution in [0, 0.1) is 0 Å². The largest absolute Gasteiger partial charge is 0.494 e. The second-order valence-corrected chi connectivity index (χ2v) is 7.30. The number of pyridine rings is 1. The molecule has 0 bridgehead atoms. The molecule has 0 radical (unpaired) electrons. The van der Waals surface area contributed by atoms with Crippen molar-refractivity contribution in [2.24, 2.45) is 0 Å². The predicted molar refractivity (Wildman–Crippen MR) is 118 cm³/mol. The molecule has 7 heteroatoms. The fraction of sp³-hybridized carbons (Fsp3) is 0.348. The Morgan fingerprint density at radius 1 is 1.17 bits per heavy atom. The van der Waals surface area contributed by atoms with Crippen LogP contribution in [0.4, 0.5) is 11.6 Å². The van der Waals surface area contributed by atoms with E-state index in [1.165, 1.54) is 5.56 Å². The summed E-state index contributed by atoms with van der Waals surface area (Å²) in [5.41, 5.74) is 2.93. The SMILES string of the molecule is CCOc1ccccc1CCNc1cc(-c2ccc(N3CC[C@H](O)C3)nc2)ncn1. The van der Waals surface area contributed by atoms with Gasteiger partial charge in [-0.2, -0.15) is 0 Å². The summed E-state index contributed by atoms with van der Waals surface area (Å²) in [6.45, 7) is 4.87. The molecule has 1 fully saturated rings. The number of aromatic nitrogens is 3. The van der Waals surface area contributed by atoms with E-state index >= 15 is 0 Å². The molecule has 2 aromatic heterocycles. The minimum absolute atomic E-state index is 0.262. The molecule has 3 aromatic rings. The van der Waals surface area contributed by atoms with Gasteiger partial charge in [0.05, 0.1) is 18.4 Å². The van der Waals surface area contributed by atoms with Gasteiger partial charge in [0.25, 0.3) is 0 Å². The Labute approximate surface area is 176 Å². The number of hydrogen-bond acceptors (Lipinski definition) is 7. The maximum atomic E-state index is 9.71. The number of ether oxygens (including phenoxy) is 1. The Kier molecular flexibility index (Phi) is 6.39. The highest BCUT2D eigenvalue weighted by atomic mass is 16.5. The molecule has 1 saturated heterocycles. The minimum atomic E-state index is -0.262. The number of hydrogen-bond donors (Lipinski definition) is 2. The van der Waals surface area contributed by atoms with Gasteiger partial charge < -0.3 is 20.1 Å². The number of aliphatic hydroxyl groups excluding tert-OH is 1. The summed E-state index contributed by atoms with van der Waals surface area (Å²) >= 11 is 0. The quantitative estimate of drug-likeness (QED) is 0.596. The Morgan fingerprint density at radius 2 is 2.07 bits per heavy atom. The monoisotopic (exact) mass is 405 g/mol. The van der Waals surface area contributed by atoms with Gasteiger partial charge in [0.15, 0.2) is 0 Å². The molecule has 0 aliphatic carbocycles. The van der Waals surface area contributed by atoms with Crippen LogP contribution in [0.2, 0.25) is 0 Å². The first-order valence-electron chi connectivity index (χ1n) is 10.4. The molecular weight excluding hydrogens is 378 g/mol. The van der Waals surface area contributed by atoms with E-state index in [2.05, 4.69) is 31.2 Å². The molecule has 4 rings (SSSR count). The molecule has 2 N–H and O–H groups in total. The van der Waals surface area contributed by atoms with Crippen molar-refractivity contribution in [2.45, 2.75) is 25.9 Å². The minimum Gasteiger partial charge on any atom is -0.494 e. The predicted octanol–water partition coefficient (Wildman–Crippen LogP) is 3.16. The van der Waals surface area contributed by atoms with Crippen molar-refractivity contribution in [3.05, 3.63) is 60.6 Å². The maximum absolute atomic E-state index is 9.71. The second-order valence-electron chi connectivity index (χ2n) is 7.30. The standard InChI is InChI=1S/C23H27N5O2/c1-2-30-21-6-4-3-5-17(21)9-11-24-22-13-20(26-16-27-22)18-7-8-23(25-14-18)28-12-10-19(29)15-28/h3-8,13-14,16,19,29H,2,9-12,15H2,1H3,(H,24,26,27)/t19-/m0/s1. The summed E-state index contributed by atoms with van der Waals surface area (Å²) in [5, 5.41) is 13.1. The lowest BCUT2D eigenvalue weighted by Gasteiger charge is -2.16. The van der Waals surface area contributed by atoms with Crippen LogP contribution in [0.15, 0.2) is 55.0 Å². The molecule has 0 spiro atoms. The number of anilines is 2. The zero-order valence-electron chi connectivity index (χ0n) is 17.2. The average molecular weight is 406 g/mol. The van der Waals surface area contributed by atoms with E-state index in [0.29, 0.717) is 13.2 Å². The van der Waals surface area contributed by atoms with Crippen LogP contribution in [0.1, 0.15) is 18.9 Å². The number of β-amino-alcohol motifs (C(OH)–C–C–N with tert-alkyl or cyclic N) is 1. The maximum Gasteiger partial charge on any atom is 0.129 e. The number of benzene rings is 1. The number of para-hydroxylation sites is 1. The summed E-state index contributed by atoms with van der Waals surface area (Å²) in [6.07, 6.45) is 4.76. The Balaban J connectivity index is 1.38. The fourth-order valence-electron chi connectivity index (χ4n) is 3.62. The first-order valence-corrected chi connectivity index (χ1v) is 10.4. The highest BCUT2D eigenvalue weighted by molar-refractivity contribution is 5.62. The van der Waals surface area contributed by atoms with Crippen LogP contribution < -0.4 is 15.0 Å². The van der Waals surface area contributed by atoms with E-state index in [1.54, 1.807) is 6.33 Å². The summed E-state index contributed by atoms with van der Waals surface area (Å²) in [6, 6.07) is 14.0. The van der Waals surface area contributed by atoms with Crippen LogP contribution in [-0.4, -0.2) is 52.4 Å². The number of rotatable bonds is 8. The third kappa shape index (κ3) is 4.86. The van der Waals surface area contributed by atoms with E-state index in [4.69, 9.17) is 4.74 Å². The fourth-order valence-corrected chi connectivity index (χ4v) is 3.62. The number of nitrogens with one attached hydrogen (secondary N) is 1. The first-order chi connectivity index (χ1) is 14.7. The molecule has 7 nitrogen and oxygen atoms in total. The summed E-state index contributed by atoms with van der Waals surface area (Å²) in [5.74, 6) is 2.60. The third-order valence-corrected chi connectivity index (χ3v) is 5.17. The van der Waals surface area contributed by atoms with Crippen LogP contribution in [-0.2, 0) is 6.42 Å². The van der Waals surface area contributed by atoms with E-state index in [1.807, 2.05) is 49.5 Å². The molecular formula is C23H27N5O2. The normalized spacial score (nSPS) is 15.9. The lowest BCUT2D eigenvalue weighted by atomic mass is 10.1. The van der Waals surface area contributed by atoms with Crippen molar-refractivity contribution in [1.82, 2.24) is 15.0 Å². The van der Waals surface area contributed by atoms with Gasteiger partial charge in [-0.1, -0.05) is 18.2 Å². The van der Waals surface area contributed by atoms with Crippen molar-refractivity contribution >= 4 is 11.6 Å². The molecule has 1 atom stereocenters. The summed E-state index contributed by atoms with van der Waals surface area (Å²) in [4.78, 5) is 15.4. The van der Waals surface area contributed by atoms with Gasteiger partial charge in [-0.3, -0.25) is 0 Å². The smallest absolute Gasteiger partial charge is 0.129 e. The zero-order valence-corrected chi connectivity index (χ0v) is 17.2. The molecule has 1 aromatic carbocycles. The van der Waals surface area contributed by atoms with E-state index in [-0.39, 0.29) is 6.10 Å². The van der Waals surface area contributed by atoms with Crippen LogP contribution in [0.25, 0.3) is 11.3 Å². The highest BCUT2D eigenvalue weighted by Crippen LogP contribution is 2.23. The van der Waals surface area contributed by atoms with Crippen molar-refractivity contribution in [3.63, 3.8) is 0 Å². The van der Waals surface area contributed by atoms with Gasteiger partial charge in [0, 0.05) is 37.5 Å². The topological polar surface area (TPSA) is 83.4 Å². The average Bonchev–Trinajstić information content (AvgIpc) is 3.22. The Hall–Kier alpha value is -3.19. The molecule has 0 saturated carbocycles. The van der Waals surface area contributed by atoms with E-state index in [0.717, 1.165) is 54.6 Å². The third-order valence-electron chi connectivity index (χ3n) is 5.17. The molecule has 1 aliphatic heterocycles. The molecule has 1 aliphatic rings. The van der Waals surface area contributed by atoms with Crippen molar-refractivity contribution in [2.75, 3.05) is 36.5 Å². The molecule has 0 amide bonds. The lowest BCUT2D eigenvalue weighted by Crippen LogP contribution is -2.21. The van der Waals surface area contributed by atoms with Gasteiger partial charge in [-0.05, 0) is 43.5 Å². The van der Waals surface area contributed by atoms with Gasteiger partial charge in [0.2, 0.25) is 0 Å². The van der Waals surface area contributed by atoms with Crippen LogP contribution >= 0.6 is 0 Å². The molecule has 0 unspecified atom stereocenters. The second kappa shape index (κ2) is 9.54. The molecule has 3 heterocycles. The lowest BCUT2D eigenvalue weighted by molar-refractivity contribution is 0.198. The molecule has 30 heavy (non-hydrogen) atoms. The Bertz CT molecular complexity index is 964. The van der Waals surface area contributed by atoms with Crippen molar-refractivity contribution < 1.29 is 9.84 Å². The highest BCUT2D eigenvalue weighted by Gasteiger charge is 2.21. The van der Waals surface area contributed by atoms with Crippen LogP contribution in [0.5, 0.6) is 5.75 Å². The van der Waals surface area contributed by atoms with Gasteiger partial charge >= 0.3 is 0 Å².